The zero-order valence-electron chi connectivity index (χ0n) is 14.6. The molecular weight excluding hydrogens is 292 g/mol. The summed E-state index contributed by atoms with van der Waals surface area (Å²) in [5, 5.41) is 7.26. The molecule has 1 aromatic heterocycles. The molecule has 0 unspecified atom stereocenters. The fourth-order valence-electron chi connectivity index (χ4n) is 3.17. The monoisotopic (exact) mass is 320 g/mol. The lowest BCUT2D eigenvalue weighted by atomic mass is 9.69. The van der Waals surface area contributed by atoms with E-state index in [1.165, 1.54) is 0 Å². The van der Waals surface area contributed by atoms with Gasteiger partial charge in [0.15, 0.2) is 0 Å². The van der Waals surface area contributed by atoms with Crippen molar-refractivity contribution in [3.05, 3.63) is 17.5 Å². The topological polar surface area (TPSA) is 90.0 Å². The van der Waals surface area contributed by atoms with E-state index in [1.807, 2.05) is 20.0 Å². The average molecular weight is 320 g/mol. The maximum atomic E-state index is 12.4. The molecule has 0 spiro atoms. The molecule has 128 valence electrons. The van der Waals surface area contributed by atoms with Crippen molar-refractivity contribution >= 4 is 11.8 Å². The largest absolute Gasteiger partial charge is 0.368 e. The minimum absolute atomic E-state index is 0.172. The molecule has 1 aromatic rings. The number of nitrogens with one attached hydrogen (secondary N) is 1. The Kier molecular flexibility index (Phi) is 4.82. The van der Waals surface area contributed by atoms with Crippen LogP contribution in [0.1, 0.15) is 57.8 Å². The third-order valence-corrected chi connectivity index (χ3v) is 5.04. The van der Waals surface area contributed by atoms with Crippen LogP contribution in [-0.4, -0.2) is 27.1 Å². The molecule has 0 aromatic carbocycles. The second-order valence-corrected chi connectivity index (χ2v) is 7.44. The summed E-state index contributed by atoms with van der Waals surface area (Å²) >= 11 is 0. The Labute approximate surface area is 137 Å². The van der Waals surface area contributed by atoms with Gasteiger partial charge in [-0.25, -0.2) is 0 Å². The fourth-order valence-corrected chi connectivity index (χ4v) is 3.17. The maximum Gasteiger partial charge on any atom is 0.243 e. The van der Waals surface area contributed by atoms with Crippen LogP contribution in [-0.2, 0) is 29.5 Å². The van der Waals surface area contributed by atoms with Crippen molar-refractivity contribution in [3.8, 4) is 0 Å². The second-order valence-electron chi connectivity index (χ2n) is 7.44. The Morgan fingerprint density at radius 2 is 1.91 bits per heavy atom. The van der Waals surface area contributed by atoms with Crippen LogP contribution in [0.5, 0.6) is 0 Å². The third-order valence-electron chi connectivity index (χ3n) is 5.04. The normalized spacial score (nSPS) is 19.3. The van der Waals surface area contributed by atoms with Crippen LogP contribution in [0.15, 0.2) is 6.07 Å². The van der Waals surface area contributed by atoms with Gasteiger partial charge in [0, 0.05) is 12.7 Å². The molecule has 1 aliphatic carbocycles. The number of rotatable bonds is 5. The number of nitrogens with two attached hydrogens (primary N) is 1. The number of aryl methyl sites for hydroxylation is 2. The van der Waals surface area contributed by atoms with Crippen molar-refractivity contribution in [2.45, 2.75) is 64.8 Å². The van der Waals surface area contributed by atoms with Gasteiger partial charge in [-0.15, -0.1) is 0 Å². The van der Waals surface area contributed by atoms with Crippen molar-refractivity contribution in [2.75, 3.05) is 0 Å². The van der Waals surface area contributed by atoms with Gasteiger partial charge in [0.05, 0.1) is 12.1 Å². The molecule has 0 bridgehead atoms. The number of hydrogen-bond donors (Lipinski definition) is 2. The second kappa shape index (κ2) is 6.34. The summed E-state index contributed by atoms with van der Waals surface area (Å²) in [6.07, 6.45) is 4.00. The maximum absolute atomic E-state index is 12.4. The van der Waals surface area contributed by atoms with Gasteiger partial charge in [-0.2, -0.15) is 5.10 Å². The molecule has 0 radical (unpaired) electrons. The van der Waals surface area contributed by atoms with Crippen molar-refractivity contribution in [1.29, 1.82) is 0 Å². The number of carbonyl (C=O) groups is 2. The van der Waals surface area contributed by atoms with Gasteiger partial charge in [-0.3, -0.25) is 14.3 Å². The SMILES string of the molecule is CCc1cc(CC(=O)NC2(C(N)=O)CCC(C)(C)CC2)n(C)n1. The molecular formula is C17H28N4O2. The van der Waals surface area contributed by atoms with E-state index in [0.717, 1.165) is 30.7 Å². The lowest BCUT2D eigenvalue weighted by molar-refractivity contribution is -0.133. The zero-order valence-corrected chi connectivity index (χ0v) is 14.6. The lowest BCUT2D eigenvalue weighted by Gasteiger charge is -2.42. The molecule has 0 atom stereocenters. The van der Waals surface area contributed by atoms with E-state index in [1.54, 1.807) is 4.68 Å². The fraction of sp³-hybridized carbons (Fsp3) is 0.706. The van der Waals surface area contributed by atoms with E-state index in [9.17, 15) is 9.59 Å². The predicted molar refractivity (Wildman–Crippen MR) is 88.6 cm³/mol. The first-order valence-corrected chi connectivity index (χ1v) is 8.30. The Balaban J connectivity index is 2.07. The summed E-state index contributed by atoms with van der Waals surface area (Å²) in [6.45, 7) is 6.39. The molecule has 1 fully saturated rings. The van der Waals surface area contributed by atoms with Crippen molar-refractivity contribution < 1.29 is 9.59 Å². The van der Waals surface area contributed by atoms with E-state index in [-0.39, 0.29) is 17.7 Å². The quantitative estimate of drug-likeness (QED) is 0.860. The molecule has 2 rings (SSSR count). The molecule has 2 amide bonds. The van der Waals surface area contributed by atoms with Gasteiger partial charge in [0.25, 0.3) is 0 Å². The Morgan fingerprint density at radius 3 is 2.39 bits per heavy atom. The number of hydrogen-bond acceptors (Lipinski definition) is 3. The van der Waals surface area contributed by atoms with Crippen LogP contribution in [0.25, 0.3) is 0 Å². The first-order valence-electron chi connectivity index (χ1n) is 8.30. The molecule has 6 nitrogen and oxygen atoms in total. The van der Waals surface area contributed by atoms with Gasteiger partial charge >= 0.3 is 0 Å². The van der Waals surface area contributed by atoms with Crippen LogP contribution in [0, 0.1) is 5.41 Å². The highest BCUT2D eigenvalue weighted by Crippen LogP contribution is 2.40. The number of amides is 2. The minimum atomic E-state index is -0.904. The highest BCUT2D eigenvalue weighted by molar-refractivity contribution is 5.91. The van der Waals surface area contributed by atoms with E-state index in [0.29, 0.717) is 12.8 Å². The third kappa shape index (κ3) is 3.92. The Morgan fingerprint density at radius 1 is 1.30 bits per heavy atom. The molecule has 0 saturated heterocycles. The smallest absolute Gasteiger partial charge is 0.243 e. The first kappa shape index (κ1) is 17.5. The van der Waals surface area contributed by atoms with Crippen molar-refractivity contribution in [3.63, 3.8) is 0 Å². The van der Waals surface area contributed by atoms with E-state index in [4.69, 9.17) is 5.73 Å². The van der Waals surface area contributed by atoms with Crippen molar-refractivity contribution in [1.82, 2.24) is 15.1 Å². The summed E-state index contributed by atoms with van der Waals surface area (Å²) in [6, 6.07) is 1.93. The van der Waals surface area contributed by atoms with E-state index in [2.05, 4.69) is 24.3 Å². The lowest BCUT2D eigenvalue weighted by Crippen LogP contribution is -2.60. The standard InChI is InChI=1S/C17H28N4O2/c1-5-12-10-13(21(4)20-12)11-14(22)19-17(15(18)23)8-6-16(2,3)7-9-17/h10H,5-9,11H2,1-4H3,(H2,18,23)(H,19,22). The summed E-state index contributed by atoms with van der Waals surface area (Å²) in [4.78, 5) is 24.4. The van der Waals surface area contributed by atoms with E-state index < -0.39 is 11.4 Å². The van der Waals surface area contributed by atoms with E-state index >= 15 is 0 Å². The summed E-state index contributed by atoms with van der Waals surface area (Å²) in [5.74, 6) is -0.602. The molecule has 6 heteroatoms. The highest BCUT2D eigenvalue weighted by atomic mass is 16.2. The zero-order chi connectivity index (χ0) is 17.3. The summed E-state index contributed by atoms with van der Waals surface area (Å²) in [5.41, 5.74) is 6.71. The van der Waals surface area contributed by atoms with Crippen LogP contribution in [0.3, 0.4) is 0 Å². The van der Waals surface area contributed by atoms with Gasteiger partial charge in [-0.05, 0) is 43.6 Å². The van der Waals surface area contributed by atoms with Crippen LogP contribution < -0.4 is 11.1 Å². The van der Waals surface area contributed by atoms with Gasteiger partial charge in [-0.1, -0.05) is 20.8 Å². The van der Waals surface area contributed by atoms with Gasteiger partial charge in [0.1, 0.15) is 5.54 Å². The van der Waals surface area contributed by atoms with Crippen LogP contribution >= 0.6 is 0 Å². The molecule has 0 aliphatic heterocycles. The molecule has 1 heterocycles. The Bertz CT molecular complexity index is 594. The number of carbonyl (C=O) groups excluding carboxylic acids is 2. The number of aromatic nitrogens is 2. The van der Waals surface area contributed by atoms with Crippen LogP contribution in [0.2, 0.25) is 0 Å². The molecule has 1 aliphatic rings. The van der Waals surface area contributed by atoms with Crippen molar-refractivity contribution in [2.24, 2.45) is 18.2 Å². The molecule has 3 N–H and O–H groups in total. The molecule has 23 heavy (non-hydrogen) atoms. The predicted octanol–water partition coefficient (Wildman–Crippen LogP) is 1.47. The minimum Gasteiger partial charge on any atom is -0.368 e. The highest BCUT2D eigenvalue weighted by Gasteiger charge is 2.43. The van der Waals surface area contributed by atoms with Gasteiger partial charge < -0.3 is 11.1 Å². The summed E-state index contributed by atoms with van der Waals surface area (Å²) in [7, 11) is 1.83. The molecule has 1 saturated carbocycles. The number of nitrogens with zero attached hydrogens (tertiary/aromatic N) is 2. The number of primary amides is 1. The van der Waals surface area contributed by atoms with Crippen LogP contribution in [0.4, 0.5) is 0 Å². The summed E-state index contributed by atoms with van der Waals surface area (Å²) < 4.78 is 1.72. The average Bonchev–Trinajstić information content (AvgIpc) is 2.81. The Hall–Kier alpha value is -1.85. The van der Waals surface area contributed by atoms with Gasteiger partial charge in [0.2, 0.25) is 11.8 Å². The first-order chi connectivity index (χ1) is 10.7.